The van der Waals surface area contributed by atoms with Gasteiger partial charge >= 0.3 is 5.97 Å². The Bertz CT molecular complexity index is 702. The standard InChI is InChI=1S/C23H28O4/c1-26-17-5-3-2-4-6-18-27-22-14-12-21(13-15-22)20-10-7-19(8-11-20)9-16-23(24)25/h7-16H,2-6,17-18H2,1H3,(H,24,25). The predicted octanol–water partition coefficient (Wildman–Crippen LogP) is 5.43. The van der Waals surface area contributed by atoms with Crippen molar-refractivity contribution < 1.29 is 19.4 Å². The zero-order valence-corrected chi connectivity index (χ0v) is 15.9. The summed E-state index contributed by atoms with van der Waals surface area (Å²) in [4.78, 5) is 10.6. The van der Waals surface area contributed by atoms with Crippen LogP contribution in [-0.2, 0) is 9.53 Å². The first-order valence-corrected chi connectivity index (χ1v) is 9.42. The van der Waals surface area contributed by atoms with Crippen LogP contribution in [0, 0.1) is 0 Å². The van der Waals surface area contributed by atoms with Crippen LogP contribution in [0.3, 0.4) is 0 Å². The van der Waals surface area contributed by atoms with Crippen molar-refractivity contribution in [3.63, 3.8) is 0 Å². The van der Waals surface area contributed by atoms with Crippen LogP contribution in [0.1, 0.15) is 37.7 Å². The highest BCUT2D eigenvalue weighted by Crippen LogP contribution is 2.23. The number of hydrogen-bond donors (Lipinski definition) is 1. The van der Waals surface area contributed by atoms with Crippen LogP contribution < -0.4 is 4.74 Å². The van der Waals surface area contributed by atoms with Crippen LogP contribution in [-0.4, -0.2) is 31.4 Å². The van der Waals surface area contributed by atoms with E-state index in [-0.39, 0.29) is 0 Å². The van der Waals surface area contributed by atoms with Gasteiger partial charge in [-0.05, 0) is 47.7 Å². The molecule has 2 rings (SSSR count). The van der Waals surface area contributed by atoms with Gasteiger partial charge in [0.1, 0.15) is 5.75 Å². The van der Waals surface area contributed by atoms with Crippen molar-refractivity contribution in [3.8, 4) is 16.9 Å². The Morgan fingerprint density at radius 1 is 0.852 bits per heavy atom. The molecule has 0 atom stereocenters. The first-order valence-electron chi connectivity index (χ1n) is 9.42. The number of carbonyl (C=O) groups is 1. The normalized spacial score (nSPS) is 11.0. The van der Waals surface area contributed by atoms with Crippen molar-refractivity contribution in [1.29, 1.82) is 0 Å². The molecule has 0 aromatic heterocycles. The maximum absolute atomic E-state index is 10.6. The molecule has 0 fully saturated rings. The Hall–Kier alpha value is -2.59. The van der Waals surface area contributed by atoms with E-state index in [1.165, 1.54) is 19.3 Å². The first kappa shape index (κ1) is 20.7. The van der Waals surface area contributed by atoms with Crippen molar-refractivity contribution in [2.45, 2.75) is 32.1 Å². The smallest absolute Gasteiger partial charge is 0.328 e. The largest absolute Gasteiger partial charge is 0.494 e. The average Bonchev–Trinajstić information content (AvgIpc) is 2.69. The summed E-state index contributed by atoms with van der Waals surface area (Å²) in [6.45, 7) is 1.60. The summed E-state index contributed by atoms with van der Waals surface area (Å²) in [5.74, 6) is -0.0556. The van der Waals surface area contributed by atoms with Gasteiger partial charge in [-0.3, -0.25) is 0 Å². The fraction of sp³-hybridized carbons (Fsp3) is 0.348. The lowest BCUT2D eigenvalue weighted by Gasteiger charge is -2.08. The number of benzene rings is 2. The van der Waals surface area contributed by atoms with E-state index in [2.05, 4.69) is 0 Å². The molecule has 0 amide bonds. The minimum atomic E-state index is -0.944. The summed E-state index contributed by atoms with van der Waals surface area (Å²) >= 11 is 0. The first-order chi connectivity index (χ1) is 13.2. The molecule has 144 valence electrons. The van der Waals surface area contributed by atoms with Gasteiger partial charge in [0.2, 0.25) is 0 Å². The van der Waals surface area contributed by atoms with Gasteiger partial charge in [0.15, 0.2) is 0 Å². The molecule has 0 saturated heterocycles. The van der Waals surface area contributed by atoms with Gasteiger partial charge in [-0.1, -0.05) is 55.7 Å². The molecular weight excluding hydrogens is 340 g/mol. The van der Waals surface area contributed by atoms with E-state index < -0.39 is 5.97 Å². The van der Waals surface area contributed by atoms with Crippen LogP contribution in [0.25, 0.3) is 17.2 Å². The van der Waals surface area contributed by atoms with Gasteiger partial charge in [0.25, 0.3) is 0 Å². The van der Waals surface area contributed by atoms with Gasteiger partial charge in [-0.15, -0.1) is 0 Å². The molecule has 27 heavy (non-hydrogen) atoms. The van der Waals surface area contributed by atoms with Crippen molar-refractivity contribution >= 4 is 12.0 Å². The number of methoxy groups -OCH3 is 1. The Labute approximate surface area is 161 Å². The van der Waals surface area contributed by atoms with Crippen molar-refractivity contribution in [1.82, 2.24) is 0 Å². The molecule has 4 nitrogen and oxygen atoms in total. The summed E-state index contributed by atoms with van der Waals surface area (Å²) in [5.41, 5.74) is 3.06. The van der Waals surface area contributed by atoms with Crippen LogP contribution >= 0.6 is 0 Å². The van der Waals surface area contributed by atoms with Crippen molar-refractivity contribution in [2.24, 2.45) is 0 Å². The lowest BCUT2D eigenvalue weighted by Crippen LogP contribution is -1.97. The Morgan fingerprint density at radius 2 is 1.41 bits per heavy atom. The van der Waals surface area contributed by atoms with E-state index in [0.29, 0.717) is 0 Å². The second kappa shape index (κ2) is 11.9. The molecule has 0 unspecified atom stereocenters. The number of hydrogen-bond acceptors (Lipinski definition) is 3. The molecule has 0 aliphatic rings. The van der Waals surface area contributed by atoms with E-state index >= 15 is 0 Å². The molecule has 0 heterocycles. The minimum absolute atomic E-state index is 0.744. The van der Waals surface area contributed by atoms with E-state index in [0.717, 1.165) is 54.6 Å². The Balaban J connectivity index is 1.75. The predicted molar refractivity (Wildman–Crippen MR) is 109 cm³/mol. The number of unbranched alkanes of at least 4 members (excludes halogenated alkanes) is 4. The summed E-state index contributed by atoms with van der Waals surface area (Å²) in [6.07, 6.45) is 8.55. The highest BCUT2D eigenvalue weighted by atomic mass is 16.5. The molecule has 2 aromatic rings. The molecule has 0 bridgehead atoms. The number of carboxylic acids is 1. The average molecular weight is 368 g/mol. The van der Waals surface area contributed by atoms with Crippen LogP contribution in [0.2, 0.25) is 0 Å². The zero-order valence-electron chi connectivity index (χ0n) is 15.9. The number of aliphatic carboxylic acids is 1. The summed E-state index contributed by atoms with van der Waals surface area (Å²) < 4.78 is 10.9. The SMILES string of the molecule is COCCCCCCCOc1ccc(-c2ccc(C=CC(=O)O)cc2)cc1. The summed E-state index contributed by atoms with van der Waals surface area (Å²) in [6, 6.07) is 15.9. The number of rotatable bonds is 12. The second-order valence-corrected chi connectivity index (χ2v) is 6.43. The Kier molecular flexibility index (Phi) is 9.14. The number of carboxylic acid groups (broad SMARTS) is 1. The van der Waals surface area contributed by atoms with Gasteiger partial charge in [-0.2, -0.15) is 0 Å². The highest BCUT2D eigenvalue weighted by molar-refractivity contribution is 5.85. The van der Waals surface area contributed by atoms with E-state index in [1.54, 1.807) is 13.2 Å². The van der Waals surface area contributed by atoms with Gasteiger partial charge < -0.3 is 14.6 Å². The lowest BCUT2D eigenvalue weighted by atomic mass is 10.0. The van der Waals surface area contributed by atoms with E-state index in [1.807, 2.05) is 48.5 Å². The fourth-order valence-corrected chi connectivity index (χ4v) is 2.77. The van der Waals surface area contributed by atoms with Crippen molar-refractivity contribution in [2.75, 3.05) is 20.3 Å². The molecule has 0 spiro atoms. The molecular formula is C23H28O4. The molecule has 0 radical (unpaired) electrons. The van der Waals surface area contributed by atoms with Gasteiger partial charge in [0, 0.05) is 19.8 Å². The van der Waals surface area contributed by atoms with E-state index in [4.69, 9.17) is 14.6 Å². The highest BCUT2D eigenvalue weighted by Gasteiger charge is 2.00. The third-order valence-electron chi connectivity index (χ3n) is 4.28. The number of ether oxygens (including phenoxy) is 2. The third kappa shape index (κ3) is 8.09. The second-order valence-electron chi connectivity index (χ2n) is 6.43. The molecule has 4 heteroatoms. The lowest BCUT2D eigenvalue weighted by molar-refractivity contribution is -0.131. The quantitative estimate of drug-likeness (QED) is 0.401. The van der Waals surface area contributed by atoms with Gasteiger partial charge in [-0.25, -0.2) is 4.79 Å². The fourth-order valence-electron chi connectivity index (χ4n) is 2.77. The minimum Gasteiger partial charge on any atom is -0.494 e. The van der Waals surface area contributed by atoms with E-state index in [9.17, 15) is 4.79 Å². The topological polar surface area (TPSA) is 55.8 Å². The maximum Gasteiger partial charge on any atom is 0.328 e. The molecule has 0 saturated carbocycles. The molecule has 0 aliphatic carbocycles. The summed E-state index contributed by atoms with van der Waals surface area (Å²) in [5, 5.41) is 8.67. The Morgan fingerprint density at radius 3 is 2.00 bits per heavy atom. The van der Waals surface area contributed by atoms with Crippen LogP contribution in [0.5, 0.6) is 5.75 Å². The maximum atomic E-state index is 10.6. The third-order valence-corrected chi connectivity index (χ3v) is 4.28. The van der Waals surface area contributed by atoms with Gasteiger partial charge in [0.05, 0.1) is 6.61 Å². The monoisotopic (exact) mass is 368 g/mol. The van der Waals surface area contributed by atoms with Crippen LogP contribution in [0.15, 0.2) is 54.6 Å². The summed E-state index contributed by atoms with van der Waals surface area (Å²) in [7, 11) is 1.74. The molecule has 1 N–H and O–H groups in total. The zero-order chi connectivity index (χ0) is 19.3. The molecule has 0 aliphatic heterocycles. The molecule has 2 aromatic carbocycles. The van der Waals surface area contributed by atoms with Crippen LogP contribution in [0.4, 0.5) is 0 Å². The van der Waals surface area contributed by atoms with Crippen molar-refractivity contribution in [3.05, 3.63) is 60.2 Å².